The van der Waals surface area contributed by atoms with Gasteiger partial charge in [-0.25, -0.2) is 0 Å². The molecule has 0 N–H and O–H groups in total. The molecule has 0 fully saturated rings. The number of hydrogen-bond acceptors (Lipinski definition) is 12. The van der Waals surface area contributed by atoms with Crippen molar-refractivity contribution in [3.63, 3.8) is 0 Å². The van der Waals surface area contributed by atoms with Crippen molar-refractivity contribution in [1.82, 2.24) is 0 Å². The van der Waals surface area contributed by atoms with Crippen LogP contribution in [0.2, 0.25) is 0 Å². The molecular weight excluding hydrogens is 737 g/mol. The van der Waals surface area contributed by atoms with Gasteiger partial charge in [0.25, 0.3) is 0 Å². The van der Waals surface area contributed by atoms with Gasteiger partial charge in [0.15, 0.2) is 0 Å². The summed E-state index contributed by atoms with van der Waals surface area (Å²) in [5, 5.41) is 4.36. The maximum absolute atomic E-state index is 5.84. The van der Waals surface area contributed by atoms with E-state index in [1.165, 1.54) is 29.4 Å². The first-order chi connectivity index (χ1) is 25.1. The van der Waals surface area contributed by atoms with Crippen molar-refractivity contribution in [2.24, 2.45) is 0 Å². The number of ether oxygens (including phenoxy) is 8. The third-order valence-electron chi connectivity index (χ3n) is 7.62. The van der Waals surface area contributed by atoms with Crippen molar-refractivity contribution in [1.29, 1.82) is 0 Å². The summed E-state index contributed by atoms with van der Waals surface area (Å²) in [5.74, 6) is 1.73. The number of benzene rings is 2. The molecule has 2 heterocycles. The molecule has 12 heteroatoms. The van der Waals surface area contributed by atoms with Crippen molar-refractivity contribution in [2.75, 3.05) is 92.5 Å². The lowest BCUT2D eigenvalue weighted by Crippen LogP contribution is -2.13. The summed E-state index contributed by atoms with van der Waals surface area (Å²) in [4.78, 5) is 2.43. The van der Waals surface area contributed by atoms with Gasteiger partial charge >= 0.3 is 0 Å². The Hall–Kier alpha value is -1.58. The average molecular weight is 793 g/mol. The molecule has 0 saturated carbocycles. The molecular formula is C40H56O8S4. The molecule has 4 rings (SSSR count). The molecule has 0 amide bonds. The van der Waals surface area contributed by atoms with Crippen LogP contribution in [0.4, 0.5) is 0 Å². The Labute approximate surface area is 328 Å². The van der Waals surface area contributed by atoms with E-state index in [-0.39, 0.29) is 10.8 Å². The SMILES string of the molecule is CC(C)(C)c1ccc(OCCOCCOCCOCC2=CS/C(=C3\SC=C(COCCOCCOCCOc4ccc(C(C)(C)C)cc4)S3)S2)cc1. The predicted octanol–water partition coefficient (Wildman–Crippen LogP) is 9.61. The number of hydrogen-bond donors (Lipinski definition) is 0. The average Bonchev–Trinajstić information content (AvgIpc) is 3.79. The van der Waals surface area contributed by atoms with E-state index in [0.29, 0.717) is 92.5 Å². The van der Waals surface area contributed by atoms with Crippen LogP contribution in [0.25, 0.3) is 0 Å². The van der Waals surface area contributed by atoms with Gasteiger partial charge in [-0.1, -0.05) is 113 Å². The second kappa shape index (κ2) is 23.4. The molecule has 0 unspecified atom stereocenters. The van der Waals surface area contributed by atoms with Crippen LogP contribution < -0.4 is 9.47 Å². The summed E-state index contributed by atoms with van der Waals surface area (Å²) < 4.78 is 48.3. The largest absolute Gasteiger partial charge is 0.491 e. The summed E-state index contributed by atoms with van der Waals surface area (Å²) >= 11 is 7.09. The maximum atomic E-state index is 5.84. The van der Waals surface area contributed by atoms with E-state index in [9.17, 15) is 0 Å². The Kier molecular flexibility index (Phi) is 19.4. The summed E-state index contributed by atoms with van der Waals surface area (Å²) in [5.41, 5.74) is 2.87. The molecule has 2 aliphatic heterocycles. The van der Waals surface area contributed by atoms with E-state index in [1.807, 2.05) is 24.3 Å². The van der Waals surface area contributed by atoms with Gasteiger partial charge in [-0.15, -0.1) is 0 Å². The fraction of sp³-hybridized carbons (Fsp3) is 0.550. The van der Waals surface area contributed by atoms with Crippen LogP contribution in [-0.4, -0.2) is 92.5 Å². The van der Waals surface area contributed by atoms with Crippen molar-refractivity contribution >= 4 is 47.0 Å². The van der Waals surface area contributed by atoms with Crippen LogP contribution >= 0.6 is 47.0 Å². The molecule has 0 aliphatic carbocycles. The second-order valence-corrected chi connectivity index (χ2v) is 18.5. The summed E-state index contributed by atoms with van der Waals surface area (Å²) in [6, 6.07) is 16.5. The summed E-state index contributed by atoms with van der Waals surface area (Å²) in [6.45, 7) is 20.8. The molecule has 0 bridgehead atoms. The molecule has 0 radical (unpaired) electrons. The van der Waals surface area contributed by atoms with Gasteiger partial charge in [0.05, 0.1) is 87.8 Å². The second-order valence-electron chi connectivity index (χ2n) is 14.0. The van der Waals surface area contributed by atoms with Gasteiger partial charge in [-0.3, -0.25) is 0 Å². The topological polar surface area (TPSA) is 73.8 Å². The fourth-order valence-electron chi connectivity index (χ4n) is 4.64. The first kappa shape index (κ1) is 43.2. The van der Waals surface area contributed by atoms with Crippen molar-refractivity contribution in [3.05, 3.63) is 88.8 Å². The van der Waals surface area contributed by atoms with Gasteiger partial charge in [0, 0.05) is 9.81 Å². The zero-order chi connectivity index (χ0) is 37.1. The zero-order valence-corrected chi connectivity index (χ0v) is 34.8. The Bertz CT molecular complexity index is 1310. The normalized spacial score (nSPS) is 16.3. The predicted molar refractivity (Wildman–Crippen MR) is 220 cm³/mol. The quantitative estimate of drug-likeness (QED) is 0.0951. The third kappa shape index (κ3) is 16.8. The molecule has 2 aromatic carbocycles. The minimum Gasteiger partial charge on any atom is -0.491 e. The van der Waals surface area contributed by atoms with Crippen molar-refractivity contribution in [2.45, 2.75) is 52.4 Å². The highest BCUT2D eigenvalue weighted by Gasteiger charge is 2.22. The minimum atomic E-state index is 0.140. The Morgan fingerprint density at radius 3 is 1.04 bits per heavy atom. The molecule has 288 valence electrons. The van der Waals surface area contributed by atoms with Crippen LogP contribution in [0.3, 0.4) is 0 Å². The number of rotatable bonds is 24. The Morgan fingerprint density at radius 2 is 0.712 bits per heavy atom. The van der Waals surface area contributed by atoms with Crippen LogP contribution in [0.1, 0.15) is 52.7 Å². The van der Waals surface area contributed by atoms with E-state index >= 15 is 0 Å². The summed E-state index contributed by atoms with van der Waals surface area (Å²) in [7, 11) is 0. The van der Waals surface area contributed by atoms with Crippen LogP contribution in [-0.2, 0) is 39.3 Å². The lowest BCUT2D eigenvalue weighted by molar-refractivity contribution is 0.0133. The molecule has 0 saturated heterocycles. The monoisotopic (exact) mass is 792 g/mol. The van der Waals surface area contributed by atoms with Crippen LogP contribution in [0.5, 0.6) is 11.5 Å². The molecule has 0 spiro atoms. The fourth-order valence-corrected chi connectivity index (χ4v) is 9.44. The van der Waals surface area contributed by atoms with Crippen molar-refractivity contribution < 1.29 is 37.9 Å². The molecule has 0 aromatic heterocycles. The highest BCUT2D eigenvalue weighted by molar-refractivity contribution is 8.33. The van der Waals surface area contributed by atoms with Crippen molar-refractivity contribution in [3.8, 4) is 11.5 Å². The van der Waals surface area contributed by atoms with E-state index in [2.05, 4.69) is 76.6 Å². The Balaban J connectivity index is 0.906. The van der Waals surface area contributed by atoms with Gasteiger partial charge in [-0.05, 0) is 57.0 Å². The summed E-state index contributed by atoms with van der Waals surface area (Å²) in [6.07, 6.45) is 0. The standard InChI is InChI=1S/C40H56O8S4/c1-39(2,3)31-7-11-33(12-8-31)47-25-23-43-17-15-41-19-21-45-27-35-29-49-37(51-35)38-50-30-36(52-38)28-46-22-20-42-16-18-44-24-26-48-34-13-9-32(10-14-34)40(4,5)6/h7-14,29-30H,15-28H2,1-6H3/b38-37-. The van der Waals surface area contributed by atoms with Gasteiger partial charge in [0.2, 0.25) is 0 Å². The Morgan fingerprint density at radius 1 is 0.404 bits per heavy atom. The molecule has 0 atom stereocenters. The lowest BCUT2D eigenvalue weighted by atomic mass is 9.87. The van der Waals surface area contributed by atoms with E-state index in [0.717, 1.165) is 11.5 Å². The zero-order valence-electron chi connectivity index (χ0n) is 31.6. The highest BCUT2D eigenvalue weighted by Crippen LogP contribution is 2.55. The maximum Gasteiger partial charge on any atom is 0.119 e. The van der Waals surface area contributed by atoms with E-state index in [1.54, 1.807) is 47.0 Å². The first-order valence-electron chi connectivity index (χ1n) is 17.8. The third-order valence-corrected chi connectivity index (χ3v) is 12.9. The van der Waals surface area contributed by atoms with E-state index < -0.39 is 0 Å². The van der Waals surface area contributed by atoms with E-state index in [4.69, 9.17) is 37.9 Å². The van der Waals surface area contributed by atoms with Gasteiger partial charge in [0.1, 0.15) is 24.7 Å². The van der Waals surface area contributed by atoms with Crippen LogP contribution in [0.15, 0.2) is 77.6 Å². The molecule has 52 heavy (non-hydrogen) atoms. The highest BCUT2D eigenvalue weighted by atomic mass is 32.2. The van der Waals surface area contributed by atoms with Gasteiger partial charge in [-0.2, -0.15) is 0 Å². The molecule has 2 aliphatic rings. The number of thioether (sulfide) groups is 4. The smallest absolute Gasteiger partial charge is 0.119 e. The molecule has 2 aromatic rings. The lowest BCUT2D eigenvalue weighted by Gasteiger charge is -2.19. The first-order valence-corrected chi connectivity index (χ1v) is 21.2. The minimum absolute atomic E-state index is 0.140. The van der Waals surface area contributed by atoms with Gasteiger partial charge < -0.3 is 37.9 Å². The van der Waals surface area contributed by atoms with Crippen LogP contribution in [0, 0.1) is 0 Å². The molecule has 8 nitrogen and oxygen atoms in total.